The first-order valence-electron chi connectivity index (χ1n) is 10.4. The average Bonchev–Trinajstić information content (AvgIpc) is 3.02. The summed E-state index contributed by atoms with van der Waals surface area (Å²) < 4.78 is 6.30. The summed E-state index contributed by atoms with van der Waals surface area (Å²) in [6.45, 7) is 7.86. The third kappa shape index (κ3) is 6.03. The second kappa shape index (κ2) is 10.2. The van der Waals surface area contributed by atoms with Gasteiger partial charge in [-0.3, -0.25) is 9.69 Å². The van der Waals surface area contributed by atoms with Crippen LogP contribution in [0.1, 0.15) is 37.7 Å². The zero-order valence-corrected chi connectivity index (χ0v) is 16.4. The van der Waals surface area contributed by atoms with Gasteiger partial charge in [0, 0.05) is 32.7 Å². The fourth-order valence-corrected chi connectivity index (χ4v) is 4.64. The van der Waals surface area contributed by atoms with E-state index in [1.54, 1.807) is 0 Å². The Kier molecular flexibility index (Phi) is 7.68. The van der Waals surface area contributed by atoms with Gasteiger partial charge in [-0.25, -0.2) is 0 Å². The van der Waals surface area contributed by atoms with E-state index < -0.39 is 0 Å². The Morgan fingerprint density at radius 1 is 1.15 bits per heavy atom. The van der Waals surface area contributed by atoms with Crippen molar-refractivity contribution in [3.05, 3.63) is 35.9 Å². The molecular formula is C22H34N2O3. The Morgan fingerprint density at radius 3 is 2.59 bits per heavy atom. The van der Waals surface area contributed by atoms with Crippen LogP contribution in [0.4, 0.5) is 0 Å². The van der Waals surface area contributed by atoms with Crippen LogP contribution < -0.4 is 0 Å². The Hall–Kier alpha value is -1.43. The average molecular weight is 375 g/mol. The number of nitrogens with zero attached hydrogens (tertiary/aromatic N) is 2. The van der Waals surface area contributed by atoms with E-state index in [1.807, 2.05) is 0 Å². The summed E-state index contributed by atoms with van der Waals surface area (Å²) in [5.74, 6) is 0.978. The number of carbonyl (C=O) groups is 1. The number of hydrogen-bond donors (Lipinski definition) is 1. The number of ether oxygens (including phenoxy) is 1. The van der Waals surface area contributed by atoms with Gasteiger partial charge in [0.25, 0.3) is 6.47 Å². The molecule has 27 heavy (non-hydrogen) atoms. The molecule has 1 aliphatic carbocycles. The predicted molar refractivity (Wildman–Crippen MR) is 107 cm³/mol. The quantitative estimate of drug-likeness (QED) is 0.776. The molecule has 3 aliphatic rings. The molecule has 2 aliphatic heterocycles. The minimum atomic E-state index is -0.250. The van der Waals surface area contributed by atoms with Gasteiger partial charge in [-0.2, -0.15) is 0 Å². The molecule has 0 bridgehead atoms. The molecule has 2 heterocycles. The molecule has 4 rings (SSSR count). The van der Waals surface area contributed by atoms with E-state index in [1.165, 1.54) is 70.3 Å². The van der Waals surface area contributed by atoms with Gasteiger partial charge in [0.1, 0.15) is 0 Å². The van der Waals surface area contributed by atoms with Crippen molar-refractivity contribution in [2.75, 3.05) is 45.9 Å². The Labute approximate surface area is 163 Å². The monoisotopic (exact) mass is 374 g/mol. The molecule has 0 amide bonds. The van der Waals surface area contributed by atoms with Crippen LogP contribution >= 0.6 is 0 Å². The second-order valence-corrected chi connectivity index (χ2v) is 8.28. The normalized spacial score (nSPS) is 26.4. The lowest BCUT2D eigenvalue weighted by Crippen LogP contribution is -2.53. The van der Waals surface area contributed by atoms with Crippen LogP contribution in [0.15, 0.2) is 30.3 Å². The van der Waals surface area contributed by atoms with Crippen LogP contribution in [-0.2, 0) is 16.0 Å². The highest BCUT2D eigenvalue weighted by Crippen LogP contribution is 2.33. The Morgan fingerprint density at radius 2 is 1.89 bits per heavy atom. The SMILES string of the molecule is O=CO.c1ccc(CCCN2CCOC3(CCN(CC4CCC4)C3)C2)cc1. The van der Waals surface area contributed by atoms with Crippen LogP contribution in [0.25, 0.3) is 0 Å². The second-order valence-electron chi connectivity index (χ2n) is 8.28. The number of benzene rings is 1. The zero-order valence-electron chi connectivity index (χ0n) is 16.4. The highest BCUT2D eigenvalue weighted by atomic mass is 16.5. The summed E-state index contributed by atoms with van der Waals surface area (Å²) >= 11 is 0. The molecule has 1 unspecified atom stereocenters. The highest BCUT2D eigenvalue weighted by Gasteiger charge is 2.43. The van der Waals surface area contributed by atoms with Crippen molar-refractivity contribution in [2.24, 2.45) is 5.92 Å². The van der Waals surface area contributed by atoms with Gasteiger partial charge in [-0.1, -0.05) is 36.8 Å². The molecule has 3 fully saturated rings. The first kappa shape index (κ1) is 20.3. The summed E-state index contributed by atoms with van der Waals surface area (Å²) in [5, 5.41) is 6.89. The van der Waals surface area contributed by atoms with Gasteiger partial charge >= 0.3 is 0 Å². The van der Waals surface area contributed by atoms with Gasteiger partial charge in [-0.15, -0.1) is 0 Å². The van der Waals surface area contributed by atoms with E-state index >= 15 is 0 Å². The fraction of sp³-hybridized carbons (Fsp3) is 0.682. The van der Waals surface area contributed by atoms with E-state index in [-0.39, 0.29) is 12.1 Å². The van der Waals surface area contributed by atoms with Crippen molar-refractivity contribution in [2.45, 2.75) is 44.1 Å². The van der Waals surface area contributed by atoms with Gasteiger partial charge < -0.3 is 14.7 Å². The summed E-state index contributed by atoms with van der Waals surface area (Å²) in [6.07, 6.45) is 8.04. The maximum Gasteiger partial charge on any atom is 0.290 e. The smallest absolute Gasteiger partial charge is 0.290 e. The molecule has 150 valence electrons. The van der Waals surface area contributed by atoms with Gasteiger partial charge in [-0.05, 0) is 50.1 Å². The Balaban J connectivity index is 0.000000659. The predicted octanol–water partition coefficient (Wildman–Crippen LogP) is 2.90. The largest absolute Gasteiger partial charge is 0.483 e. The van der Waals surface area contributed by atoms with Crippen LogP contribution in [-0.4, -0.2) is 72.9 Å². The molecule has 1 aromatic carbocycles. The first-order chi connectivity index (χ1) is 13.2. The number of rotatable bonds is 6. The lowest BCUT2D eigenvalue weighted by atomic mass is 9.85. The summed E-state index contributed by atoms with van der Waals surface area (Å²) in [4.78, 5) is 13.7. The van der Waals surface area contributed by atoms with Gasteiger partial charge in [0.2, 0.25) is 0 Å². The molecule has 1 atom stereocenters. The van der Waals surface area contributed by atoms with Gasteiger partial charge in [0.05, 0.1) is 12.2 Å². The molecule has 5 nitrogen and oxygen atoms in total. The molecule has 1 aromatic rings. The van der Waals surface area contributed by atoms with Crippen molar-refractivity contribution < 1.29 is 14.6 Å². The van der Waals surface area contributed by atoms with Crippen LogP contribution in [0.3, 0.4) is 0 Å². The number of hydrogen-bond acceptors (Lipinski definition) is 4. The van der Waals surface area contributed by atoms with E-state index in [4.69, 9.17) is 14.6 Å². The molecule has 2 saturated heterocycles. The summed E-state index contributed by atoms with van der Waals surface area (Å²) in [6, 6.07) is 10.9. The molecular weight excluding hydrogens is 340 g/mol. The van der Waals surface area contributed by atoms with Crippen molar-refractivity contribution in [3.8, 4) is 0 Å². The summed E-state index contributed by atoms with van der Waals surface area (Å²) in [5.41, 5.74) is 1.60. The molecule has 1 spiro atoms. The fourth-order valence-electron chi connectivity index (χ4n) is 4.64. The minimum absolute atomic E-state index is 0.134. The number of aryl methyl sites for hydroxylation is 1. The standard InChI is InChI=1S/C21H32N2O.CH2O2/c1-2-6-19(7-3-1)10-5-12-22-14-15-24-21(17-22)11-13-23(18-21)16-20-8-4-9-20;2-1-3/h1-3,6-7,20H,4-5,8-18H2;1H,(H,2,3). The molecule has 0 aromatic heterocycles. The van der Waals surface area contributed by atoms with Crippen LogP contribution in [0, 0.1) is 5.92 Å². The number of carboxylic acid groups (broad SMARTS) is 1. The Bertz CT molecular complexity index is 564. The topological polar surface area (TPSA) is 53.0 Å². The lowest BCUT2D eigenvalue weighted by Gasteiger charge is -2.41. The minimum Gasteiger partial charge on any atom is -0.483 e. The van der Waals surface area contributed by atoms with Crippen LogP contribution in [0.2, 0.25) is 0 Å². The third-order valence-corrected chi connectivity index (χ3v) is 6.25. The third-order valence-electron chi connectivity index (χ3n) is 6.25. The lowest BCUT2D eigenvalue weighted by molar-refractivity contribution is -0.122. The van der Waals surface area contributed by atoms with Crippen molar-refractivity contribution in [1.29, 1.82) is 0 Å². The molecule has 0 radical (unpaired) electrons. The first-order valence-corrected chi connectivity index (χ1v) is 10.4. The maximum absolute atomic E-state index is 8.36. The zero-order chi connectivity index (χ0) is 19.0. The van der Waals surface area contributed by atoms with Crippen molar-refractivity contribution in [1.82, 2.24) is 9.80 Å². The maximum atomic E-state index is 8.36. The molecule has 1 saturated carbocycles. The van der Waals surface area contributed by atoms with E-state index in [0.717, 1.165) is 25.6 Å². The van der Waals surface area contributed by atoms with Crippen LogP contribution in [0.5, 0.6) is 0 Å². The van der Waals surface area contributed by atoms with E-state index in [0.29, 0.717) is 0 Å². The highest BCUT2D eigenvalue weighted by molar-refractivity contribution is 5.32. The van der Waals surface area contributed by atoms with Crippen molar-refractivity contribution >= 4 is 6.47 Å². The molecule has 5 heteroatoms. The van der Waals surface area contributed by atoms with Gasteiger partial charge in [0.15, 0.2) is 0 Å². The summed E-state index contributed by atoms with van der Waals surface area (Å²) in [7, 11) is 0. The number of likely N-dealkylation sites (tertiary alicyclic amines) is 1. The molecule has 1 N–H and O–H groups in total. The number of morpholine rings is 1. The van der Waals surface area contributed by atoms with Crippen molar-refractivity contribution in [3.63, 3.8) is 0 Å². The van der Waals surface area contributed by atoms with E-state index in [9.17, 15) is 0 Å². The van der Waals surface area contributed by atoms with E-state index in [2.05, 4.69) is 40.1 Å².